The number of likely N-dealkylation sites (N-methyl/N-ethyl adjacent to an activating group) is 1. The minimum absolute atomic E-state index is 0.213. The van der Waals surface area contributed by atoms with Crippen molar-refractivity contribution in [2.45, 2.75) is 25.8 Å². The van der Waals surface area contributed by atoms with Crippen LogP contribution in [0.5, 0.6) is 0 Å². The van der Waals surface area contributed by atoms with Crippen molar-refractivity contribution in [3.63, 3.8) is 0 Å². The van der Waals surface area contributed by atoms with E-state index in [1.54, 1.807) is 7.11 Å². The van der Waals surface area contributed by atoms with Crippen molar-refractivity contribution < 1.29 is 4.74 Å². The maximum atomic E-state index is 6.13. The van der Waals surface area contributed by atoms with Gasteiger partial charge in [-0.05, 0) is 31.9 Å². The number of ether oxygens (including phenoxy) is 1. The Balaban J connectivity index is 2.41. The zero-order valence-corrected chi connectivity index (χ0v) is 10.9. The lowest BCUT2D eigenvalue weighted by molar-refractivity contribution is 0.190. The lowest BCUT2D eigenvalue weighted by Gasteiger charge is -2.26. The molecule has 0 radical (unpaired) electrons. The minimum atomic E-state index is 0.213. The number of nitrogens with two attached hydrogens (primary N) is 1. The van der Waals surface area contributed by atoms with Gasteiger partial charge < -0.3 is 15.4 Å². The Morgan fingerprint density at radius 1 is 1.29 bits per heavy atom. The van der Waals surface area contributed by atoms with Crippen LogP contribution in [-0.2, 0) is 4.74 Å². The molecule has 0 aliphatic carbocycles. The van der Waals surface area contributed by atoms with Crippen molar-refractivity contribution in [1.82, 2.24) is 0 Å². The second-order valence-corrected chi connectivity index (χ2v) is 4.27. The summed E-state index contributed by atoms with van der Waals surface area (Å²) in [5.41, 5.74) is 7.38. The van der Waals surface area contributed by atoms with Crippen molar-refractivity contribution in [3.8, 4) is 0 Å². The Kier molecular flexibility index (Phi) is 6.67. The third-order valence-corrected chi connectivity index (χ3v) is 2.88. The van der Waals surface area contributed by atoms with Gasteiger partial charge >= 0.3 is 0 Å². The summed E-state index contributed by atoms with van der Waals surface area (Å²) in [6.07, 6.45) is 2.04. The molecule has 0 saturated carbocycles. The Morgan fingerprint density at radius 3 is 2.59 bits per heavy atom. The zero-order valence-electron chi connectivity index (χ0n) is 10.9. The Hall–Kier alpha value is -1.06. The molecular formula is C14H24N2O. The molecule has 3 heteroatoms. The molecule has 96 valence electrons. The van der Waals surface area contributed by atoms with Gasteiger partial charge in [-0.2, -0.15) is 0 Å². The molecule has 3 nitrogen and oxygen atoms in total. The standard InChI is InChI=1S/C14H24N2O/c1-3-16(14-9-5-4-6-10-14)12-13(15)8-7-11-17-2/h4-6,9-10,13H,3,7-8,11-12,15H2,1-2H3. The van der Waals surface area contributed by atoms with Crippen LogP contribution >= 0.6 is 0 Å². The van der Waals surface area contributed by atoms with Crippen LogP contribution in [0.3, 0.4) is 0 Å². The molecule has 1 unspecified atom stereocenters. The molecule has 0 spiro atoms. The summed E-state index contributed by atoms with van der Waals surface area (Å²) in [5, 5.41) is 0. The van der Waals surface area contributed by atoms with Gasteiger partial charge in [0.15, 0.2) is 0 Å². The van der Waals surface area contributed by atoms with E-state index in [1.807, 2.05) is 6.07 Å². The lowest BCUT2D eigenvalue weighted by atomic mass is 10.1. The van der Waals surface area contributed by atoms with E-state index < -0.39 is 0 Å². The molecule has 1 aromatic rings. The highest BCUT2D eigenvalue weighted by molar-refractivity contribution is 5.45. The van der Waals surface area contributed by atoms with Crippen molar-refractivity contribution in [2.75, 3.05) is 31.7 Å². The molecule has 1 rings (SSSR count). The Morgan fingerprint density at radius 2 is 2.00 bits per heavy atom. The zero-order chi connectivity index (χ0) is 12.5. The van der Waals surface area contributed by atoms with Crippen LogP contribution < -0.4 is 10.6 Å². The van der Waals surface area contributed by atoms with Crippen LogP contribution in [0.4, 0.5) is 5.69 Å². The van der Waals surface area contributed by atoms with Gasteiger partial charge in [0.25, 0.3) is 0 Å². The van der Waals surface area contributed by atoms with Gasteiger partial charge in [0.05, 0.1) is 0 Å². The van der Waals surface area contributed by atoms with E-state index in [2.05, 4.69) is 36.1 Å². The molecule has 0 bridgehead atoms. The van der Waals surface area contributed by atoms with E-state index in [0.29, 0.717) is 0 Å². The highest BCUT2D eigenvalue weighted by Gasteiger charge is 2.09. The first kappa shape index (κ1) is 14.0. The monoisotopic (exact) mass is 236 g/mol. The third kappa shape index (κ3) is 5.20. The number of para-hydroxylation sites is 1. The maximum Gasteiger partial charge on any atom is 0.0462 e. The predicted octanol–water partition coefficient (Wildman–Crippen LogP) is 2.27. The molecule has 0 fully saturated rings. The topological polar surface area (TPSA) is 38.5 Å². The Labute approximate surface area is 105 Å². The van der Waals surface area contributed by atoms with Crippen LogP contribution in [0.25, 0.3) is 0 Å². The maximum absolute atomic E-state index is 6.13. The SMILES string of the molecule is CCN(CC(N)CCCOC)c1ccccc1. The van der Waals surface area contributed by atoms with E-state index in [0.717, 1.165) is 32.5 Å². The van der Waals surface area contributed by atoms with E-state index >= 15 is 0 Å². The molecule has 0 aliphatic rings. The lowest BCUT2D eigenvalue weighted by Crippen LogP contribution is -2.37. The van der Waals surface area contributed by atoms with Crippen molar-refractivity contribution in [1.29, 1.82) is 0 Å². The molecule has 0 heterocycles. The van der Waals surface area contributed by atoms with Crippen LogP contribution in [-0.4, -0.2) is 32.8 Å². The summed E-state index contributed by atoms with van der Waals surface area (Å²) in [6.45, 7) is 4.85. The van der Waals surface area contributed by atoms with E-state index in [1.165, 1.54) is 5.69 Å². The summed E-state index contributed by atoms with van der Waals surface area (Å²) >= 11 is 0. The summed E-state index contributed by atoms with van der Waals surface area (Å²) in [5.74, 6) is 0. The number of nitrogens with zero attached hydrogens (tertiary/aromatic N) is 1. The van der Waals surface area contributed by atoms with E-state index in [-0.39, 0.29) is 6.04 Å². The van der Waals surface area contributed by atoms with Gasteiger partial charge in [0.2, 0.25) is 0 Å². The number of hydrogen-bond acceptors (Lipinski definition) is 3. The molecule has 1 atom stereocenters. The fourth-order valence-electron chi connectivity index (χ4n) is 1.92. The molecule has 0 aliphatic heterocycles. The minimum Gasteiger partial charge on any atom is -0.385 e. The Bertz CT molecular complexity index is 290. The molecule has 0 aromatic heterocycles. The number of rotatable bonds is 8. The average Bonchev–Trinajstić information content (AvgIpc) is 2.37. The first-order chi connectivity index (χ1) is 8.27. The van der Waals surface area contributed by atoms with Crippen molar-refractivity contribution in [2.24, 2.45) is 5.73 Å². The molecular weight excluding hydrogens is 212 g/mol. The molecule has 0 amide bonds. The highest BCUT2D eigenvalue weighted by Crippen LogP contribution is 2.13. The molecule has 17 heavy (non-hydrogen) atoms. The fraction of sp³-hybridized carbons (Fsp3) is 0.571. The van der Waals surface area contributed by atoms with Crippen LogP contribution in [0.15, 0.2) is 30.3 Å². The second-order valence-electron chi connectivity index (χ2n) is 4.27. The van der Waals surface area contributed by atoms with E-state index in [4.69, 9.17) is 10.5 Å². The predicted molar refractivity (Wildman–Crippen MR) is 73.4 cm³/mol. The van der Waals surface area contributed by atoms with Gasteiger partial charge in [-0.25, -0.2) is 0 Å². The normalized spacial score (nSPS) is 12.4. The summed E-state index contributed by atoms with van der Waals surface area (Å²) in [7, 11) is 1.73. The summed E-state index contributed by atoms with van der Waals surface area (Å²) in [6, 6.07) is 10.6. The van der Waals surface area contributed by atoms with Crippen LogP contribution in [0.1, 0.15) is 19.8 Å². The van der Waals surface area contributed by atoms with Gasteiger partial charge in [-0.1, -0.05) is 18.2 Å². The quantitative estimate of drug-likeness (QED) is 0.704. The number of benzene rings is 1. The van der Waals surface area contributed by atoms with Gasteiger partial charge in [-0.3, -0.25) is 0 Å². The van der Waals surface area contributed by atoms with Crippen LogP contribution in [0, 0.1) is 0 Å². The largest absolute Gasteiger partial charge is 0.385 e. The highest BCUT2D eigenvalue weighted by atomic mass is 16.5. The van der Waals surface area contributed by atoms with Gasteiger partial charge in [0, 0.05) is 38.5 Å². The molecule has 1 aromatic carbocycles. The van der Waals surface area contributed by atoms with Gasteiger partial charge in [-0.15, -0.1) is 0 Å². The fourth-order valence-corrected chi connectivity index (χ4v) is 1.92. The first-order valence-electron chi connectivity index (χ1n) is 6.32. The van der Waals surface area contributed by atoms with Crippen molar-refractivity contribution in [3.05, 3.63) is 30.3 Å². The number of anilines is 1. The third-order valence-electron chi connectivity index (χ3n) is 2.88. The number of methoxy groups -OCH3 is 1. The summed E-state index contributed by atoms with van der Waals surface area (Å²) in [4.78, 5) is 2.32. The molecule has 0 saturated heterocycles. The first-order valence-corrected chi connectivity index (χ1v) is 6.32. The van der Waals surface area contributed by atoms with Gasteiger partial charge in [0.1, 0.15) is 0 Å². The smallest absolute Gasteiger partial charge is 0.0462 e. The van der Waals surface area contributed by atoms with Crippen molar-refractivity contribution >= 4 is 5.69 Å². The van der Waals surface area contributed by atoms with E-state index in [9.17, 15) is 0 Å². The average molecular weight is 236 g/mol. The summed E-state index contributed by atoms with van der Waals surface area (Å²) < 4.78 is 5.04. The van der Waals surface area contributed by atoms with Crippen LogP contribution in [0.2, 0.25) is 0 Å². The second kappa shape index (κ2) is 8.09. The number of hydrogen-bond donors (Lipinski definition) is 1. The molecule has 2 N–H and O–H groups in total.